The van der Waals surface area contributed by atoms with Crippen molar-refractivity contribution in [3.63, 3.8) is 0 Å². The zero-order valence-corrected chi connectivity index (χ0v) is 12.3. The molecule has 4 nitrogen and oxygen atoms in total. The Balaban J connectivity index is 1.78. The van der Waals surface area contributed by atoms with E-state index in [4.69, 9.17) is 10.3 Å². The third-order valence-corrected chi connectivity index (χ3v) is 4.29. The molecule has 106 valence electrons. The molecule has 1 aromatic heterocycles. The molecule has 1 atom stereocenters. The zero-order valence-electron chi connectivity index (χ0n) is 12.3. The highest BCUT2D eigenvalue weighted by molar-refractivity contribution is 5.31. The number of benzene rings is 1. The van der Waals surface area contributed by atoms with Gasteiger partial charge >= 0.3 is 0 Å². The quantitative estimate of drug-likeness (QED) is 0.928. The molecule has 1 aliphatic carbocycles. The molecule has 3 rings (SSSR count). The fourth-order valence-electron chi connectivity index (χ4n) is 2.50. The fraction of sp³-hybridized carbons (Fsp3) is 0.500. The van der Waals surface area contributed by atoms with Crippen LogP contribution in [0, 0.1) is 19.8 Å². The predicted octanol–water partition coefficient (Wildman–Crippen LogP) is 2.86. The number of aromatic nitrogens is 2. The molecule has 1 unspecified atom stereocenters. The molecule has 0 saturated heterocycles. The van der Waals surface area contributed by atoms with Gasteiger partial charge in [-0.1, -0.05) is 23.4 Å². The van der Waals surface area contributed by atoms with Crippen LogP contribution in [0.3, 0.4) is 0 Å². The summed E-state index contributed by atoms with van der Waals surface area (Å²) >= 11 is 0. The average Bonchev–Trinajstić information content (AvgIpc) is 3.15. The van der Waals surface area contributed by atoms with Gasteiger partial charge in [0.05, 0.1) is 5.54 Å². The van der Waals surface area contributed by atoms with E-state index >= 15 is 0 Å². The number of hydrogen-bond acceptors (Lipinski definition) is 4. The topological polar surface area (TPSA) is 64.9 Å². The van der Waals surface area contributed by atoms with Crippen molar-refractivity contribution in [3.05, 3.63) is 46.6 Å². The molecule has 1 heterocycles. The van der Waals surface area contributed by atoms with Crippen LogP contribution < -0.4 is 5.73 Å². The molecule has 2 N–H and O–H groups in total. The van der Waals surface area contributed by atoms with Gasteiger partial charge in [-0.25, -0.2) is 0 Å². The Labute approximate surface area is 119 Å². The van der Waals surface area contributed by atoms with Crippen molar-refractivity contribution in [2.75, 3.05) is 0 Å². The van der Waals surface area contributed by atoms with E-state index in [0.29, 0.717) is 24.1 Å². The van der Waals surface area contributed by atoms with E-state index in [1.54, 1.807) is 0 Å². The Morgan fingerprint density at radius 1 is 1.30 bits per heavy atom. The zero-order chi connectivity index (χ0) is 14.3. The van der Waals surface area contributed by atoms with E-state index in [1.165, 1.54) is 16.7 Å². The van der Waals surface area contributed by atoms with Gasteiger partial charge in [-0.3, -0.25) is 0 Å². The summed E-state index contributed by atoms with van der Waals surface area (Å²) in [6.07, 6.45) is 3.00. The number of nitrogens with zero attached hydrogens (tertiary/aromatic N) is 2. The molecule has 20 heavy (non-hydrogen) atoms. The predicted molar refractivity (Wildman–Crippen MR) is 77.3 cm³/mol. The van der Waals surface area contributed by atoms with Gasteiger partial charge in [0.25, 0.3) is 0 Å². The van der Waals surface area contributed by atoms with Crippen LogP contribution in [0.2, 0.25) is 0 Å². The minimum Gasteiger partial charge on any atom is -0.337 e. The molecule has 4 heteroatoms. The van der Waals surface area contributed by atoms with Crippen molar-refractivity contribution >= 4 is 0 Å². The van der Waals surface area contributed by atoms with Gasteiger partial charge in [-0.15, -0.1) is 0 Å². The standard InChI is InChI=1S/C16H21N3O/c1-10-4-5-12(8-11(10)2)9-14-18-15(20-19-14)16(3,17)13-6-7-13/h4-5,8,13H,6-7,9,17H2,1-3H3. The lowest BCUT2D eigenvalue weighted by atomic mass is 9.97. The van der Waals surface area contributed by atoms with Gasteiger partial charge in [-0.05, 0) is 56.2 Å². The number of nitrogens with two attached hydrogens (primary N) is 1. The SMILES string of the molecule is Cc1ccc(Cc2noc(C(C)(N)C3CC3)n2)cc1C. The van der Waals surface area contributed by atoms with Gasteiger partial charge < -0.3 is 10.3 Å². The summed E-state index contributed by atoms with van der Waals surface area (Å²) in [5.74, 6) is 1.76. The Bertz CT molecular complexity index is 626. The second-order valence-corrected chi connectivity index (χ2v) is 6.17. The molecular formula is C16H21N3O. The smallest absolute Gasteiger partial charge is 0.246 e. The van der Waals surface area contributed by atoms with Crippen molar-refractivity contribution < 1.29 is 4.52 Å². The number of rotatable bonds is 4. The molecular weight excluding hydrogens is 250 g/mol. The van der Waals surface area contributed by atoms with E-state index in [0.717, 1.165) is 12.8 Å². The van der Waals surface area contributed by atoms with Crippen molar-refractivity contribution in [2.24, 2.45) is 11.7 Å². The summed E-state index contributed by atoms with van der Waals surface area (Å²) < 4.78 is 5.37. The summed E-state index contributed by atoms with van der Waals surface area (Å²) in [5.41, 5.74) is 9.60. The van der Waals surface area contributed by atoms with Crippen LogP contribution in [0.5, 0.6) is 0 Å². The number of aryl methyl sites for hydroxylation is 2. The molecule has 1 fully saturated rings. The first kappa shape index (κ1) is 13.3. The molecule has 0 amide bonds. The monoisotopic (exact) mass is 271 g/mol. The average molecular weight is 271 g/mol. The minimum absolute atomic E-state index is 0.478. The summed E-state index contributed by atoms with van der Waals surface area (Å²) in [6, 6.07) is 6.41. The van der Waals surface area contributed by atoms with Gasteiger partial charge in [0.2, 0.25) is 5.89 Å². The van der Waals surface area contributed by atoms with Gasteiger partial charge in [0, 0.05) is 6.42 Å². The number of hydrogen-bond donors (Lipinski definition) is 1. The van der Waals surface area contributed by atoms with Crippen molar-refractivity contribution in [2.45, 2.75) is 45.6 Å². The van der Waals surface area contributed by atoms with Crippen LogP contribution in [-0.4, -0.2) is 10.1 Å². The van der Waals surface area contributed by atoms with Crippen LogP contribution in [0.1, 0.15) is 48.2 Å². The molecule has 0 bridgehead atoms. The molecule has 1 saturated carbocycles. The Kier molecular flexibility index (Phi) is 3.13. The maximum Gasteiger partial charge on any atom is 0.246 e. The highest BCUT2D eigenvalue weighted by Gasteiger charge is 2.43. The summed E-state index contributed by atoms with van der Waals surface area (Å²) in [5, 5.41) is 4.07. The molecule has 0 spiro atoms. The Morgan fingerprint density at radius 2 is 2.05 bits per heavy atom. The first-order chi connectivity index (χ1) is 9.46. The van der Waals surface area contributed by atoms with Crippen molar-refractivity contribution in [3.8, 4) is 0 Å². The van der Waals surface area contributed by atoms with Crippen LogP contribution in [0.4, 0.5) is 0 Å². The third kappa shape index (κ3) is 2.48. The van der Waals surface area contributed by atoms with Gasteiger partial charge in [0.1, 0.15) is 0 Å². The van der Waals surface area contributed by atoms with Gasteiger partial charge in [0.15, 0.2) is 5.82 Å². The van der Waals surface area contributed by atoms with Crippen LogP contribution >= 0.6 is 0 Å². The second kappa shape index (κ2) is 4.70. The third-order valence-electron chi connectivity index (χ3n) is 4.29. The molecule has 0 aliphatic heterocycles. The fourth-order valence-corrected chi connectivity index (χ4v) is 2.50. The Morgan fingerprint density at radius 3 is 2.70 bits per heavy atom. The maximum atomic E-state index is 6.30. The summed E-state index contributed by atoms with van der Waals surface area (Å²) in [7, 11) is 0. The van der Waals surface area contributed by atoms with E-state index in [2.05, 4.69) is 42.2 Å². The molecule has 2 aromatic rings. The van der Waals surface area contributed by atoms with Crippen molar-refractivity contribution in [1.29, 1.82) is 0 Å². The van der Waals surface area contributed by atoms with E-state index in [9.17, 15) is 0 Å². The second-order valence-electron chi connectivity index (χ2n) is 6.17. The lowest BCUT2D eigenvalue weighted by Gasteiger charge is -2.18. The lowest BCUT2D eigenvalue weighted by molar-refractivity contribution is 0.272. The lowest BCUT2D eigenvalue weighted by Crippen LogP contribution is -2.35. The largest absolute Gasteiger partial charge is 0.337 e. The minimum atomic E-state index is -0.478. The Hall–Kier alpha value is -1.68. The molecule has 1 aromatic carbocycles. The highest BCUT2D eigenvalue weighted by Crippen LogP contribution is 2.43. The van der Waals surface area contributed by atoms with E-state index < -0.39 is 5.54 Å². The van der Waals surface area contributed by atoms with E-state index in [-0.39, 0.29) is 0 Å². The van der Waals surface area contributed by atoms with Crippen molar-refractivity contribution in [1.82, 2.24) is 10.1 Å². The first-order valence-electron chi connectivity index (χ1n) is 7.15. The normalized spacial score (nSPS) is 18.0. The summed E-state index contributed by atoms with van der Waals surface area (Å²) in [4.78, 5) is 4.49. The molecule has 1 aliphatic rings. The highest BCUT2D eigenvalue weighted by atomic mass is 16.5. The summed E-state index contributed by atoms with van der Waals surface area (Å²) in [6.45, 7) is 6.21. The maximum absolute atomic E-state index is 6.30. The van der Waals surface area contributed by atoms with E-state index in [1.807, 2.05) is 6.92 Å². The first-order valence-corrected chi connectivity index (χ1v) is 7.15. The molecule has 0 radical (unpaired) electrons. The van der Waals surface area contributed by atoms with Crippen LogP contribution in [0.25, 0.3) is 0 Å². The van der Waals surface area contributed by atoms with Gasteiger partial charge in [-0.2, -0.15) is 4.98 Å². The van der Waals surface area contributed by atoms with Crippen LogP contribution in [0.15, 0.2) is 22.7 Å². The van der Waals surface area contributed by atoms with Crippen LogP contribution in [-0.2, 0) is 12.0 Å².